The number of anilines is 1. The topological polar surface area (TPSA) is 65.0 Å². The minimum atomic E-state index is 0.523. The molecule has 1 aromatic heterocycles. The fraction of sp³-hybridized carbons (Fsp3) is 0.238. The molecule has 0 amide bonds. The zero-order valence-corrected chi connectivity index (χ0v) is 17.2. The molecule has 6 nitrogen and oxygen atoms in total. The zero-order valence-electron chi connectivity index (χ0n) is 16.4. The summed E-state index contributed by atoms with van der Waals surface area (Å²) in [5.74, 6) is 1.78. The van der Waals surface area contributed by atoms with Gasteiger partial charge in [-0.1, -0.05) is 29.8 Å². The molecule has 28 heavy (non-hydrogen) atoms. The van der Waals surface area contributed by atoms with Crippen LogP contribution in [0, 0.1) is 6.92 Å². The van der Waals surface area contributed by atoms with Crippen molar-refractivity contribution in [3.63, 3.8) is 0 Å². The molecule has 0 fully saturated rings. The molecule has 0 spiro atoms. The van der Waals surface area contributed by atoms with E-state index in [9.17, 15) is 0 Å². The lowest BCUT2D eigenvalue weighted by Crippen LogP contribution is -2.00. The first-order chi connectivity index (χ1) is 13.6. The summed E-state index contributed by atoms with van der Waals surface area (Å²) >= 11 is 1.50. The number of hydrazone groups is 1. The Kier molecular flexibility index (Phi) is 6.49. The molecule has 0 aliphatic heterocycles. The van der Waals surface area contributed by atoms with Gasteiger partial charge >= 0.3 is 0 Å². The number of rotatable bonds is 8. The highest BCUT2D eigenvalue weighted by Gasteiger charge is 2.13. The zero-order chi connectivity index (χ0) is 19.9. The van der Waals surface area contributed by atoms with Crippen LogP contribution in [-0.4, -0.2) is 32.0 Å². The molecule has 146 valence electrons. The number of aromatic nitrogens is 1. The van der Waals surface area contributed by atoms with Crippen LogP contribution in [0.3, 0.4) is 0 Å². The number of aryl methyl sites for hydroxylation is 1. The number of nitrogens with zero attached hydrogens (tertiary/aromatic N) is 2. The minimum Gasteiger partial charge on any atom is -0.493 e. The quantitative estimate of drug-likeness (QED) is 0.429. The largest absolute Gasteiger partial charge is 0.493 e. The lowest BCUT2D eigenvalue weighted by molar-refractivity contribution is 0.288. The van der Waals surface area contributed by atoms with Crippen molar-refractivity contribution < 1.29 is 14.2 Å². The summed E-state index contributed by atoms with van der Waals surface area (Å²) in [6.07, 6.45) is 1.69. The van der Waals surface area contributed by atoms with Gasteiger partial charge in [-0.3, -0.25) is 5.43 Å². The molecule has 0 atom stereocenters. The average Bonchev–Trinajstić information content (AvgIpc) is 3.18. The maximum absolute atomic E-state index is 5.61. The van der Waals surface area contributed by atoms with E-state index in [1.807, 2.05) is 24.4 Å². The predicted octanol–water partition coefficient (Wildman–Crippen LogP) is 4.98. The molecule has 0 bridgehead atoms. The molecule has 7 heteroatoms. The summed E-state index contributed by atoms with van der Waals surface area (Å²) < 4.78 is 16.4. The fourth-order valence-corrected chi connectivity index (χ4v) is 3.27. The first kappa shape index (κ1) is 19.7. The SMILES string of the molecule is CCOc1c(OC)cc(/C=N\Nc2nc(-c3ccc(C)cc3)cs2)cc1OC. The van der Waals surface area contributed by atoms with E-state index in [4.69, 9.17) is 14.2 Å². The van der Waals surface area contributed by atoms with E-state index < -0.39 is 0 Å². The summed E-state index contributed by atoms with van der Waals surface area (Å²) in [5, 5.41) is 7.01. The molecule has 3 rings (SSSR count). The van der Waals surface area contributed by atoms with E-state index in [0.29, 0.717) is 23.9 Å². The Hall–Kier alpha value is -3.06. The second-order valence-corrected chi connectivity index (χ2v) is 6.82. The van der Waals surface area contributed by atoms with Gasteiger partial charge in [-0.05, 0) is 26.0 Å². The second kappa shape index (κ2) is 9.23. The number of benzene rings is 2. The smallest absolute Gasteiger partial charge is 0.203 e. The second-order valence-electron chi connectivity index (χ2n) is 5.96. The molecule has 0 saturated carbocycles. The highest BCUT2D eigenvalue weighted by atomic mass is 32.1. The first-order valence-electron chi connectivity index (χ1n) is 8.85. The van der Waals surface area contributed by atoms with Crippen LogP contribution in [0.1, 0.15) is 18.1 Å². The Bertz CT molecular complexity index is 927. The molecule has 0 radical (unpaired) electrons. The van der Waals surface area contributed by atoms with Gasteiger partial charge in [0.1, 0.15) is 0 Å². The standard InChI is InChI=1S/C21H23N3O3S/c1-5-27-20-18(25-3)10-15(11-19(20)26-4)12-22-24-21-23-17(13-28-21)16-8-6-14(2)7-9-16/h6-13H,5H2,1-4H3,(H,23,24)/b22-12-. The van der Waals surface area contributed by atoms with Gasteiger partial charge in [0.15, 0.2) is 11.5 Å². The van der Waals surface area contributed by atoms with Crippen molar-refractivity contribution >= 4 is 22.7 Å². The Morgan fingerprint density at radius 2 is 1.79 bits per heavy atom. The van der Waals surface area contributed by atoms with Gasteiger partial charge < -0.3 is 14.2 Å². The molecule has 2 aromatic carbocycles. The third-order valence-electron chi connectivity index (χ3n) is 4.00. The van der Waals surface area contributed by atoms with Gasteiger partial charge in [-0.15, -0.1) is 11.3 Å². The first-order valence-corrected chi connectivity index (χ1v) is 9.73. The van der Waals surface area contributed by atoms with Crippen LogP contribution in [0.4, 0.5) is 5.13 Å². The summed E-state index contributed by atoms with van der Waals surface area (Å²) in [6, 6.07) is 12.0. The van der Waals surface area contributed by atoms with Crippen LogP contribution in [0.2, 0.25) is 0 Å². The normalized spacial score (nSPS) is 10.9. The Labute approximate surface area is 168 Å². The lowest BCUT2D eigenvalue weighted by atomic mass is 10.1. The molecule has 0 aliphatic rings. The van der Waals surface area contributed by atoms with Gasteiger partial charge in [0.25, 0.3) is 0 Å². The number of hydrogen-bond acceptors (Lipinski definition) is 7. The average molecular weight is 398 g/mol. The number of ether oxygens (including phenoxy) is 3. The van der Waals surface area contributed by atoms with Crippen LogP contribution in [0.5, 0.6) is 17.2 Å². The Balaban J connectivity index is 1.73. The third kappa shape index (κ3) is 4.61. The van der Waals surface area contributed by atoms with Crippen LogP contribution < -0.4 is 19.6 Å². The summed E-state index contributed by atoms with van der Waals surface area (Å²) in [4.78, 5) is 4.57. The molecular weight excluding hydrogens is 374 g/mol. The third-order valence-corrected chi connectivity index (χ3v) is 4.74. The van der Waals surface area contributed by atoms with Gasteiger partial charge in [-0.2, -0.15) is 5.10 Å². The molecule has 0 saturated heterocycles. The molecule has 0 aliphatic carbocycles. The van der Waals surface area contributed by atoms with Crippen LogP contribution in [0.25, 0.3) is 11.3 Å². The molecule has 3 aromatic rings. The van der Waals surface area contributed by atoms with E-state index in [1.54, 1.807) is 20.4 Å². The van der Waals surface area contributed by atoms with Gasteiger partial charge in [0, 0.05) is 16.5 Å². The molecular formula is C21H23N3O3S. The number of hydrogen-bond donors (Lipinski definition) is 1. The van der Waals surface area contributed by atoms with E-state index in [0.717, 1.165) is 22.0 Å². The highest BCUT2D eigenvalue weighted by molar-refractivity contribution is 7.14. The van der Waals surface area contributed by atoms with E-state index >= 15 is 0 Å². The number of methoxy groups -OCH3 is 2. The van der Waals surface area contributed by atoms with Gasteiger partial charge in [0.2, 0.25) is 10.9 Å². The highest BCUT2D eigenvalue weighted by Crippen LogP contribution is 2.38. The van der Waals surface area contributed by atoms with E-state index in [1.165, 1.54) is 16.9 Å². The number of nitrogens with one attached hydrogen (secondary N) is 1. The Morgan fingerprint density at radius 1 is 1.11 bits per heavy atom. The molecule has 0 unspecified atom stereocenters. The summed E-state index contributed by atoms with van der Waals surface area (Å²) in [6.45, 7) is 4.50. The van der Waals surface area contributed by atoms with Crippen molar-refractivity contribution in [1.29, 1.82) is 0 Å². The fourth-order valence-electron chi connectivity index (χ4n) is 2.61. The summed E-state index contributed by atoms with van der Waals surface area (Å²) in [7, 11) is 3.19. The predicted molar refractivity (Wildman–Crippen MR) is 114 cm³/mol. The van der Waals surface area contributed by atoms with Crippen LogP contribution in [-0.2, 0) is 0 Å². The number of thiazole rings is 1. The van der Waals surface area contributed by atoms with Crippen molar-refractivity contribution in [2.24, 2.45) is 5.10 Å². The van der Waals surface area contributed by atoms with Crippen molar-refractivity contribution in [3.05, 3.63) is 52.9 Å². The molecule has 1 N–H and O–H groups in total. The maximum atomic E-state index is 5.61. The maximum Gasteiger partial charge on any atom is 0.203 e. The van der Waals surface area contributed by atoms with Crippen molar-refractivity contribution in [1.82, 2.24) is 4.98 Å². The van der Waals surface area contributed by atoms with E-state index in [2.05, 4.69) is 46.7 Å². The van der Waals surface area contributed by atoms with Crippen molar-refractivity contribution in [2.45, 2.75) is 13.8 Å². The van der Waals surface area contributed by atoms with Crippen molar-refractivity contribution in [2.75, 3.05) is 26.3 Å². The van der Waals surface area contributed by atoms with Gasteiger partial charge in [0.05, 0.1) is 32.7 Å². The molecule has 1 heterocycles. The monoisotopic (exact) mass is 397 g/mol. The minimum absolute atomic E-state index is 0.523. The Morgan fingerprint density at radius 3 is 2.39 bits per heavy atom. The lowest BCUT2D eigenvalue weighted by Gasteiger charge is -2.14. The van der Waals surface area contributed by atoms with Crippen molar-refractivity contribution in [3.8, 4) is 28.5 Å². The van der Waals surface area contributed by atoms with Crippen LogP contribution in [0.15, 0.2) is 46.9 Å². The van der Waals surface area contributed by atoms with Gasteiger partial charge in [-0.25, -0.2) is 4.98 Å². The van der Waals surface area contributed by atoms with E-state index in [-0.39, 0.29) is 0 Å². The van der Waals surface area contributed by atoms with Crippen LogP contribution >= 0.6 is 11.3 Å². The summed E-state index contributed by atoms with van der Waals surface area (Å²) in [5.41, 5.74) is 7.02.